The normalized spacial score (nSPS) is 24.3. The predicted molar refractivity (Wildman–Crippen MR) is 81.5 cm³/mol. The number of hydrogen-bond acceptors (Lipinski definition) is 5. The summed E-state index contributed by atoms with van der Waals surface area (Å²) in [5, 5.41) is 4.14. The summed E-state index contributed by atoms with van der Waals surface area (Å²) in [5.41, 5.74) is 0.578. The van der Waals surface area contributed by atoms with Crippen LogP contribution in [0.2, 0.25) is 0 Å². The van der Waals surface area contributed by atoms with Crippen LogP contribution in [-0.2, 0) is 10.2 Å². The number of ether oxygens (including phenoxy) is 1. The van der Waals surface area contributed by atoms with E-state index in [4.69, 9.17) is 9.26 Å². The minimum Gasteiger partial charge on any atom is -0.367 e. The average Bonchev–Trinajstić information content (AvgIpc) is 2.96. The van der Waals surface area contributed by atoms with Crippen LogP contribution in [0, 0.1) is 5.82 Å². The number of nitrogens with zero attached hydrogens (tertiary/aromatic N) is 3. The number of likely N-dealkylation sites (N-methyl/N-ethyl adjacent to an activating group) is 1. The third-order valence-corrected chi connectivity index (χ3v) is 4.99. The van der Waals surface area contributed by atoms with Crippen molar-refractivity contribution >= 4 is 0 Å². The monoisotopic (exact) mass is 317 g/mol. The lowest BCUT2D eigenvalue weighted by atomic mass is 9.64. The Bertz CT molecular complexity index is 699. The number of morpholine rings is 1. The van der Waals surface area contributed by atoms with Crippen molar-refractivity contribution in [2.75, 3.05) is 26.7 Å². The Labute approximate surface area is 134 Å². The van der Waals surface area contributed by atoms with Crippen molar-refractivity contribution in [2.45, 2.75) is 30.8 Å². The van der Waals surface area contributed by atoms with Crippen molar-refractivity contribution < 1.29 is 13.7 Å². The van der Waals surface area contributed by atoms with Gasteiger partial charge in [0.05, 0.1) is 12.0 Å². The molecule has 1 saturated heterocycles. The van der Waals surface area contributed by atoms with Crippen molar-refractivity contribution in [1.82, 2.24) is 15.0 Å². The van der Waals surface area contributed by atoms with E-state index in [9.17, 15) is 4.39 Å². The lowest BCUT2D eigenvalue weighted by molar-refractivity contribution is -0.0264. The molecule has 2 aromatic rings. The first-order chi connectivity index (χ1) is 11.2. The maximum atomic E-state index is 13.6. The van der Waals surface area contributed by atoms with Gasteiger partial charge in [-0.25, -0.2) is 4.39 Å². The average molecular weight is 317 g/mol. The molecule has 122 valence electrons. The van der Waals surface area contributed by atoms with Crippen LogP contribution in [0.5, 0.6) is 0 Å². The Hall–Kier alpha value is -1.79. The second kappa shape index (κ2) is 5.69. The van der Waals surface area contributed by atoms with Gasteiger partial charge in [-0.05, 0) is 37.6 Å². The van der Waals surface area contributed by atoms with Gasteiger partial charge in [-0.3, -0.25) is 0 Å². The van der Waals surface area contributed by atoms with Gasteiger partial charge in [0, 0.05) is 13.1 Å². The first-order valence-corrected chi connectivity index (χ1v) is 8.08. The zero-order valence-electron chi connectivity index (χ0n) is 13.2. The number of rotatable bonds is 3. The molecule has 4 rings (SSSR count). The SMILES string of the molecule is CN1CCO[C@@H](c2noc(C3(c4cccc(F)c4)CCC3)n2)C1. The molecule has 1 aliphatic heterocycles. The summed E-state index contributed by atoms with van der Waals surface area (Å²) in [6.45, 7) is 2.33. The molecule has 2 heterocycles. The minimum absolute atomic E-state index is 0.157. The highest BCUT2D eigenvalue weighted by Gasteiger charge is 2.46. The standard InChI is InChI=1S/C17H20FN3O2/c1-21-8-9-22-14(11-21)15-19-16(23-20-15)17(6-3-7-17)12-4-2-5-13(18)10-12/h2,4-5,10,14H,3,6-9,11H2,1H3/t14-/m1/s1. The van der Waals surface area contributed by atoms with E-state index in [0.717, 1.165) is 37.9 Å². The van der Waals surface area contributed by atoms with Crippen molar-refractivity contribution in [1.29, 1.82) is 0 Å². The van der Waals surface area contributed by atoms with Crippen LogP contribution in [-0.4, -0.2) is 41.8 Å². The fourth-order valence-corrected chi connectivity index (χ4v) is 3.44. The van der Waals surface area contributed by atoms with E-state index in [1.807, 2.05) is 6.07 Å². The molecule has 5 nitrogen and oxygen atoms in total. The highest BCUT2D eigenvalue weighted by atomic mass is 19.1. The van der Waals surface area contributed by atoms with Crippen LogP contribution < -0.4 is 0 Å². The molecule has 1 aromatic heterocycles. The Morgan fingerprint density at radius 3 is 2.91 bits per heavy atom. The Morgan fingerprint density at radius 2 is 2.22 bits per heavy atom. The zero-order chi connectivity index (χ0) is 15.9. The van der Waals surface area contributed by atoms with Gasteiger partial charge in [-0.1, -0.05) is 23.7 Å². The van der Waals surface area contributed by atoms with Crippen molar-refractivity contribution in [3.63, 3.8) is 0 Å². The van der Waals surface area contributed by atoms with Gasteiger partial charge < -0.3 is 14.2 Å². The number of hydrogen-bond donors (Lipinski definition) is 0. The van der Waals surface area contributed by atoms with E-state index in [0.29, 0.717) is 18.3 Å². The minimum atomic E-state index is -0.339. The van der Waals surface area contributed by atoms with Gasteiger partial charge in [0.2, 0.25) is 11.7 Å². The topological polar surface area (TPSA) is 51.4 Å². The molecule has 6 heteroatoms. The van der Waals surface area contributed by atoms with Gasteiger partial charge in [0.15, 0.2) is 0 Å². The van der Waals surface area contributed by atoms with Crippen molar-refractivity contribution in [2.24, 2.45) is 0 Å². The molecular formula is C17H20FN3O2. The summed E-state index contributed by atoms with van der Waals surface area (Å²) >= 11 is 0. The molecule has 1 saturated carbocycles. The molecule has 0 bridgehead atoms. The Balaban J connectivity index is 1.64. The molecule has 0 spiro atoms. The third-order valence-electron chi connectivity index (χ3n) is 4.99. The highest BCUT2D eigenvalue weighted by molar-refractivity contribution is 5.35. The van der Waals surface area contributed by atoms with Gasteiger partial charge in [0.25, 0.3) is 0 Å². The summed E-state index contributed by atoms with van der Waals surface area (Å²) in [5.74, 6) is 0.946. The van der Waals surface area contributed by atoms with Gasteiger partial charge in [-0.2, -0.15) is 4.98 Å². The first-order valence-electron chi connectivity index (χ1n) is 8.08. The van der Waals surface area contributed by atoms with E-state index >= 15 is 0 Å². The molecule has 0 N–H and O–H groups in total. The van der Waals surface area contributed by atoms with Gasteiger partial charge in [-0.15, -0.1) is 0 Å². The van der Waals surface area contributed by atoms with Crippen LogP contribution in [0.3, 0.4) is 0 Å². The fraction of sp³-hybridized carbons (Fsp3) is 0.529. The highest BCUT2D eigenvalue weighted by Crippen LogP contribution is 2.48. The maximum Gasteiger partial charge on any atom is 0.237 e. The molecular weight excluding hydrogens is 297 g/mol. The van der Waals surface area contributed by atoms with Crippen molar-refractivity contribution in [3.05, 3.63) is 47.4 Å². The lowest BCUT2D eigenvalue weighted by Crippen LogP contribution is -2.37. The molecule has 0 amide bonds. The van der Waals surface area contributed by atoms with Crippen LogP contribution in [0.4, 0.5) is 4.39 Å². The summed E-state index contributed by atoms with van der Waals surface area (Å²) in [4.78, 5) is 6.81. The van der Waals surface area contributed by atoms with Crippen LogP contribution in [0.25, 0.3) is 0 Å². The number of benzene rings is 1. The quantitative estimate of drug-likeness (QED) is 0.871. The van der Waals surface area contributed by atoms with E-state index in [2.05, 4.69) is 22.1 Å². The van der Waals surface area contributed by atoms with Crippen LogP contribution in [0.1, 0.15) is 42.6 Å². The summed E-state index contributed by atoms with van der Waals surface area (Å²) in [7, 11) is 2.05. The zero-order valence-corrected chi connectivity index (χ0v) is 13.2. The maximum absolute atomic E-state index is 13.6. The first kappa shape index (κ1) is 14.8. The van der Waals surface area contributed by atoms with E-state index in [1.165, 1.54) is 6.07 Å². The Morgan fingerprint density at radius 1 is 1.35 bits per heavy atom. The van der Waals surface area contributed by atoms with Crippen LogP contribution >= 0.6 is 0 Å². The predicted octanol–water partition coefficient (Wildman–Crippen LogP) is 2.68. The molecule has 2 fully saturated rings. The van der Waals surface area contributed by atoms with E-state index in [1.54, 1.807) is 12.1 Å². The third kappa shape index (κ3) is 2.56. The molecule has 2 aliphatic rings. The molecule has 1 aromatic carbocycles. The number of halogens is 1. The smallest absolute Gasteiger partial charge is 0.237 e. The summed E-state index contributed by atoms with van der Waals surface area (Å²) in [6, 6.07) is 6.72. The second-order valence-electron chi connectivity index (χ2n) is 6.53. The molecule has 23 heavy (non-hydrogen) atoms. The molecule has 1 atom stereocenters. The summed E-state index contributed by atoms with van der Waals surface area (Å²) < 4.78 is 24.9. The lowest BCUT2D eigenvalue weighted by Gasteiger charge is -2.38. The van der Waals surface area contributed by atoms with E-state index in [-0.39, 0.29) is 17.3 Å². The number of aromatic nitrogens is 2. The van der Waals surface area contributed by atoms with Gasteiger partial charge >= 0.3 is 0 Å². The largest absolute Gasteiger partial charge is 0.367 e. The molecule has 0 radical (unpaired) electrons. The fourth-order valence-electron chi connectivity index (χ4n) is 3.44. The van der Waals surface area contributed by atoms with E-state index < -0.39 is 0 Å². The molecule has 1 aliphatic carbocycles. The Kier molecular flexibility index (Phi) is 3.66. The summed E-state index contributed by atoms with van der Waals surface area (Å²) in [6.07, 6.45) is 2.74. The van der Waals surface area contributed by atoms with Crippen molar-refractivity contribution in [3.8, 4) is 0 Å². The molecule has 0 unspecified atom stereocenters. The van der Waals surface area contributed by atoms with Crippen LogP contribution in [0.15, 0.2) is 28.8 Å². The van der Waals surface area contributed by atoms with Gasteiger partial charge in [0.1, 0.15) is 11.9 Å². The second-order valence-corrected chi connectivity index (χ2v) is 6.53.